The van der Waals surface area contributed by atoms with Gasteiger partial charge in [0.1, 0.15) is 11.9 Å². The van der Waals surface area contributed by atoms with Gasteiger partial charge in [0.2, 0.25) is 0 Å². The second kappa shape index (κ2) is 11.2. The Bertz CT molecular complexity index is 852. The van der Waals surface area contributed by atoms with Crippen LogP contribution in [-0.2, 0) is 14.3 Å². The Morgan fingerprint density at radius 2 is 2.07 bits per heavy atom. The van der Waals surface area contributed by atoms with Crippen LogP contribution in [-0.4, -0.2) is 41.8 Å². The molecule has 164 valence electrons. The van der Waals surface area contributed by atoms with Crippen LogP contribution in [0.15, 0.2) is 24.4 Å². The number of nitrogens with two attached hydrogens (primary N) is 1. The average Bonchev–Trinajstić information content (AvgIpc) is 3.22. The number of hydrogen-bond acceptors (Lipinski definition) is 7. The van der Waals surface area contributed by atoms with E-state index in [9.17, 15) is 9.59 Å². The van der Waals surface area contributed by atoms with Gasteiger partial charge >= 0.3 is 12.1 Å². The number of carbonyl (C=O) groups is 2. The first kappa shape index (κ1) is 23.2. The van der Waals surface area contributed by atoms with Crippen LogP contribution in [0.4, 0.5) is 16.2 Å². The highest BCUT2D eigenvalue weighted by atomic mass is 16.5. The van der Waals surface area contributed by atoms with E-state index in [1.807, 2.05) is 6.07 Å². The number of nitrogens with one attached hydrogen (secondary N) is 3. The first-order valence-electron chi connectivity index (χ1n) is 10.1. The molecule has 1 aromatic heterocycles. The molecule has 2 rings (SSSR count). The zero-order chi connectivity index (χ0) is 22.1. The predicted molar refractivity (Wildman–Crippen MR) is 116 cm³/mol. The molecule has 1 amide bonds. The van der Waals surface area contributed by atoms with Gasteiger partial charge in [0.05, 0.1) is 25.5 Å². The van der Waals surface area contributed by atoms with Gasteiger partial charge in [-0.1, -0.05) is 19.8 Å². The summed E-state index contributed by atoms with van der Waals surface area (Å²) in [7, 11) is 1.29. The molecule has 5 N–H and O–H groups in total. The van der Waals surface area contributed by atoms with Crippen molar-refractivity contribution in [1.29, 1.82) is 0 Å². The van der Waals surface area contributed by atoms with Crippen LogP contribution in [0.2, 0.25) is 0 Å². The average molecular weight is 418 g/mol. The third-order valence-corrected chi connectivity index (χ3v) is 4.56. The fourth-order valence-electron chi connectivity index (χ4n) is 2.92. The lowest BCUT2D eigenvalue weighted by Crippen LogP contribution is -2.28. The molecule has 0 aliphatic rings. The minimum Gasteiger partial charge on any atom is -0.464 e. The normalized spacial score (nSPS) is 12.7. The van der Waals surface area contributed by atoms with Gasteiger partial charge in [-0.3, -0.25) is 5.32 Å². The zero-order valence-corrected chi connectivity index (χ0v) is 18.0. The van der Waals surface area contributed by atoms with Crippen molar-refractivity contribution >= 4 is 23.4 Å². The first-order chi connectivity index (χ1) is 14.4. The number of aromatic nitrogens is 2. The lowest BCUT2D eigenvalue weighted by Gasteiger charge is -2.17. The van der Waals surface area contributed by atoms with Crippen molar-refractivity contribution in [1.82, 2.24) is 9.97 Å². The zero-order valence-electron chi connectivity index (χ0n) is 18.0. The molecular weight excluding hydrogens is 386 g/mol. The Hall–Kier alpha value is -3.07. The number of ether oxygens (including phenoxy) is 2. The molecule has 2 atom stereocenters. The number of benzene rings is 1. The number of methoxy groups -OCH3 is 1. The molecule has 0 bridgehead atoms. The summed E-state index contributed by atoms with van der Waals surface area (Å²) in [5.41, 5.74) is 8.79. The van der Waals surface area contributed by atoms with Crippen LogP contribution >= 0.6 is 0 Å². The van der Waals surface area contributed by atoms with Crippen LogP contribution in [0.5, 0.6) is 0 Å². The van der Waals surface area contributed by atoms with Gasteiger partial charge < -0.3 is 25.5 Å². The largest absolute Gasteiger partial charge is 0.464 e. The van der Waals surface area contributed by atoms with Crippen molar-refractivity contribution in [3.63, 3.8) is 0 Å². The molecule has 2 aromatic rings. The summed E-state index contributed by atoms with van der Waals surface area (Å²) in [5, 5.41) is 5.77. The highest BCUT2D eigenvalue weighted by molar-refractivity contribution is 5.89. The number of anilines is 2. The summed E-state index contributed by atoms with van der Waals surface area (Å²) in [6, 6.07) is 4.49. The van der Waals surface area contributed by atoms with Crippen LogP contribution < -0.4 is 16.4 Å². The topological polar surface area (TPSA) is 131 Å². The van der Waals surface area contributed by atoms with Crippen molar-refractivity contribution in [2.45, 2.75) is 52.1 Å². The quantitative estimate of drug-likeness (QED) is 0.432. The molecule has 30 heavy (non-hydrogen) atoms. The number of esters is 1. The van der Waals surface area contributed by atoms with E-state index in [1.165, 1.54) is 7.11 Å². The Kier molecular flexibility index (Phi) is 8.67. The minimum absolute atomic E-state index is 0.172. The number of carbonyl (C=O) groups excluding carboxylic acids is 2. The third kappa shape index (κ3) is 6.21. The molecule has 0 aliphatic carbocycles. The summed E-state index contributed by atoms with van der Waals surface area (Å²) < 4.78 is 9.72. The van der Waals surface area contributed by atoms with Gasteiger partial charge in [-0.2, -0.15) is 0 Å². The number of nitrogens with zero attached hydrogens (tertiary/aromatic N) is 1. The van der Waals surface area contributed by atoms with E-state index in [-0.39, 0.29) is 12.0 Å². The van der Waals surface area contributed by atoms with Crippen molar-refractivity contribution in [2.75, 3.05) is 24.4 Å². The maximum Gasteiger partial charge on any atom is 0.411 e. The maximum atomic E-state index is 12.1. The highest BCUT2D eigenvalue weighted by Crippen LogP contribution is 2.31. The molecule has 9 heteroatoms. The molecule has 1 aromatic carbocycles. The molecule has 0 aliphatic heterocycles. The van der Waals surface area contributed by atoms with E-state index in [2.05, 4.69) is 32.3 Å². The molecular formula is C21H31N5O4. The number of rotatable bonds is 10. The van der Waals surface area contributed by atoms with E-state index in [4.69, 9.17) is 10.5 Å². The third-order valence-electron chi connectivity index (χ3n) is 4.56. The fourth-order valence-corrected chi connectivity index (χ4v) is 2.92. The lowest BCUT2D eigenvalue weighted by atomic mass is 10.1. The predicted octanol–water partition coefficient (Wildman–Crippen LogP) is 3.81. The second-order valence-electron chi connectivity index (χ2n) is 6.91. The molecule has 0 saturated heterocycles. The van der Waals surface area contributed by atoms with Gasteiger partial charge in [-0.15, -0.1) is 0 Å². The van der Waals surface area contributed by atoms with E-state index in [1.54, 1.807) is 32.2 Å². The SMILES string of the molecule is CCCC[C@H](N)c1nc(-c2ccc(NC(=O)OC)cc2N[C@@H](C)C(=O)OCC)c[nH]1. The van der Waals surface area contributed by atoms with Crippen LogP contribution in [0.25, 0.3) is 11.3 Å². The summed E-state index contributed by atoms with van der Waals surface area (Å²) in [4.78, 5) is 31.4. The number of unbranched alkanes of at least 4 members (excludes halogenated alkanes) is 1. The van der Waals surface area contributed by atoms with E-state index >= 15 is 0 Å². The summed E-state index contributed by atoms with van der Waals surface area (Å²) >= 11 is 0. The first-order valence-corrected chi connectivity index (χ1v) is 10.1. The number of H-pyrrole nitrogens is 1. The van der Waals surface area contributed by atoms with Gasteiger partial charge in [-0.25, -0.2) is 14.6 Å². The van der Waals surface area contributed by atoms with E-state index < -0.39 is 12.1 Å². The van der Waals surface area contributed by atoms with Crippen LogP contribution in [0, 0.1) is 0 Å². The van der Waals surface area contributed by atoms with E-state index in [0.717, 1.165) is 24.8 Å². The summed E-state index contributed by atoms with van der Waals surface area (Å²) in [5.74, 6) is 0.332. The molecule has 0 spiro atoms. The standard InChI is InChI=1S/C21H31N5O4/c1-5-7-8-16(22)19-23-12-18(26-19)15-10-9-14(25-21(28)29-4)11-17(15)24-13(3)20(27)30-6-2/h9-13,16,24H,5-8,22H2,1-4H3,(H,23,26)(H,25,28)/t13-,16-/m0/s1. The van der Waals surface area contributed by atoms with Gasteiger partial charge in [0.15, 0.2) is 0 Å². The van der Waals surface area contributed by atoms with Gasteiger partial charge in [0, 0.05) is 23.1 Å². The summed E-state index contributed by atoms with van der Waals surface area (Å²) in [6.07, 6.45) is 4.13. The van der Waals surface area contributed by atoms with E-state index in [0.29, 0.717) is 29.5 Å². The Morgan fingerprint density at radius 3 is 2.73 bits per heavy atom. The summed E-state index contributed by atoms with van der Waals surface area (Å²) in [6.45, 7) is 5.87. The lowest BCUT2D eigenvalue weighted by molar-refractivity contribution is -0.143. The molecule has 0 unspecified atom stereocenters. The Balaban J connectivity index is 2.34. The van der Waals surface area contributed by atoms with Crippen molar-refractivity contribution < 1.29 is 19.1 Å². The molecule has 1 heterocycles. The molecule has 0 fully saturated rings. The van der Waals surface area contributed by atoms with Crippen molar-refractivity contribution in [3.05, 3.63) is 30.2 Å². The fraction of sp³-hybridized carbons (Fsp3) is 0.476. The number of aromatic amines is 1. The number of imidazole rings is 1. The second-order valence-corrected chi connectivity index (χ2v) is 6.91. The molecule has 0 radical (unpaired) electrons. The number of hydrogen-bond donors (Lipinski definition) is 4. The van der Waals surface area contributed by atoms with Crippen molar-refractivity contribution in [2.24, 2.45) is 5.73 Å². The monoisotopic (exact) mass is 417 g/mol. The van der Waals surface area contributed by atoms with Crippen molar-refractivity contribution in [3.8, 4) is 11.3 Å². The molecule has 0 saturated carbocycles. The van der Waals surface area contributed by atoms with Crippen LogP contribution in [0.1, 0.15) is 51.9 Å². The highest BCUT2D eigenvalue weighted by Gasteiger charge is 2.19. The Morgan fingerprint density at radius 1 is 1.30 bits per heavy atom. The smallest absolute Gasteiger partial charge is 0.411 e. The van der Waals surface area contributed by atoms with Gasteiger partial charge in [-0.05, 0) is 38.5 Å². The van der Waals surface area contributed by atoms with Crippen LogP contribution in [0.3, 0.4) is 0 Å². The van der Waals surface area contributed by atoms with Gasteiger partial charge in [0.25, 0.3) is 0 Å². The number of amides is 1. The maximum absolute atomic E-state index is 12.1. The Labute approximate surface area is 176 Å². The molecule has 9 nitrogen and oxygen atoms in total. The minimum atomic E-state index is -0.595.